The molecule has 2 aliphatic heterocycles. The molecule has 0 saturated carbocycles. The van der Waals surface area contributed by atoms with E-state index in [9.17, 15) is 9.59 Å². The largest absolute Gasteiger partial charge is 0.487 e. The van der Waals surface area contributed by atoms with E-state index in [0.717, 1.165) is 31.4 Å². The molecule has 6 nitrogen and oxygen atoms in total. The Morgan fingerprint density at radius 1 is 1.24 bits per heavy atom. The normalized spacial score (nSPS) is 18.5. The van der Waals surface area contributed by atoms with Gasteiger partial charge in [-0.05, 0) is 37.5 Å². The van der Waals surface area contributed by atoms with Crippen LogP contribution < -0.4 is 10.3 Å². The quantitative estimate of drug-likeness (QED) is 0.863. The smallest absolute Gasteiger partial charge is 0.274 e. The van der Waals surface area contributed by atoms with E-state index in [1.54, 1.807) is 17.9 Å². The number of nitrogens with zero attached hydrogens (tertiary/aromatic N) is 2. The lowest BCUT2D eigenvalue weighted by molar-refractivity contribution is -0.0108. The Labute approximate surface area is 145 Å². The molecule has 2 aromatic rings. The molecule has 1 amide bonds. The van der Waals surface area contributed by atoms with Crippen molar-refractivity contribution in [3.63, 3.8) is 0 Å². The third-order valence-corrected chi connectivity index (χ3v) is 5.32. The first-order chi connectivity index (χ1) is 12.1. The number of ether oxygens (including phenoxy) is 1. The zero-order chi connectivity index (χ0) is 17.4. The lowest BCUT2D eigenvalue weighted by atomic mass is 9.83. The molecule has 6 heteroatoms. The topological polar surface area (TPSA) is 75.3 Å². The van der Waals surface area contributed by atoms with E-state index in [1.807, 2.05) is 18.2 Å². The number of aryl methyl sites for hydroxylation is 2. The SMILES string of the molecule is Cc1cc(C(=O)N2CCC3(CCc4ccccc4O3)CC2)n[nH]c1=O. The first-order valence-electron chi connectivity index (χ1n) is 8.69. The van der Waals surface area contributed by atoms with Crippen molar-refractivity contribution < 1.29 is 9.53 Å². The molecule has 130 valence electrons. The lowest BCUT2D eigenvalue weighted by Crippen LogP contribution is -2.51. The third kappa shape index (κ3) is 2.92. The second kappa shape index (κ2) is 6.02. The summed E-state index contributed by atoms with van der Waals surface area (Å²) in [4.78, 5) is 25.8. The number of para-hydroxylation sites is 1. The van der Waals surface area contributed by atoms with Crippen LogP contribution in [0.4, 0.5) is 0 Å². The molecule has 1 aromatic heterocycles. The van der Waals surface area contributed by atoms with Gasteiger partial charge in [0.05, 0.1) is 0 Å². The second-order valence-corrected chi connectivity index (χ2v) is 6.95. The maximum absolute atomic E-state index is 12.6. The molecule has 4 rings (SSSR count). The third-order valence-electron chi connectivity index (χ3n) is 5.32. The van der Waals surface area contributed by atoms with Crippen LogP contribution in [0.15, 0.2) is 35.1 Å². The summed E-state index contributed by atoms with van der Waals surface area (Å²) in [6.45, 7) is 2.96. The summed E-state index contributed by atoms with van der Waals surface area (Å²) in [6.07, 6.45) is 3.64. The molecule has 0 radical (unpaired) electrons. The molecule has 25 heavy (non-hydrogen) atoms. The standard InChI is InChI=1S/C19H21N3O3/c1-13-12-15(20-21-17(13)23)18(24)22-10-8-19(9-11-22)7-6-14-4-2-3-5-16(14)25-19/h2-5,12H,6-11H2,1H3,(H,21,23). The van der Waals surface area contributed by atoms with Crippen molar-refractivity contribution in [3.05, 3.63) is 57.5 Å². The zero-order valence-electron chi connectivity index (χ0n) is 14.2. The van der Waals surface area contributed by atoms with Crippen molar-refractivity contribution >= 4 is 5.91 Å². The van der Waals surface area contributed by atoms with Crippen molar-refractivity contribution in [1.82, 2.24) is 15.1 Å². The van der Waals surface area contributed by atoms with Crippen LogP contribution in [0.1, 0.15) is 40.9 Å². The molecule has 1 N–H and O–H groups in total. The number of hydrogen-bond donors (Lipinski definition) is 1. The maximum atomic E-state index is 12.6. The van der Waals surface area contributed by atoms with Crippen LogP contribution in [0.5, 0.6) is 5.75 Å². The van der Waals surface area contributed by atoms with Crippen LogP contribution in [0.2, 0.25) is 0 Å². The molecule has 0 aliphatic carbocycles. The average molecular weight is 339 g/mol. The second-order valence-electron chi connectivity index (χ2n) is 6.95. The number of likely N-dealkylation sites (tertiary alicyclic amines) is 1. The number of rotatable bonds is 1. The number of amides is 1. The molecular weight excluding hydrogens is 318 g/mol. The van der Waals surface area contributed by atoms with Gasteiger partial charge in [-0.3, -0.25) is 9.59 Å². The van der Waals surface area contributed by atoms with Crippen LogP contribution in [-0.2, 0) is 6.42 Å². The van der Waals surface area contributed by atoms with Gasteiger partial charge in [0.1, 0.15) is 17.0 Å². The fourth-order valence-electron chi connectivity index (χ4n) is 3.70. The number of piperidine rings is 1. The summed E-state index contributed by atoms with van der Waals surface area (Å²) in [5.74, 6) is 0.844. The van der Waals surface area contributed by atoms with Crippen molar-refractivity contribution in [2.75, 3.05) is 13.1 Å². The monoisotopic (exact) mass is 339 g/mol. The van der Waals surface area contributed by atoms with E-state index in [-0.39, 0.29) is 17.1 Å². The number of nitrogens with one attached hydrogen (secondary N) is 1. The highest BCUT2D eigenvalue weighted by molar-refractivity contribution is 5.92. The Hall–Kier alpha value is -2.63. The van der Waals surface area contributed by atoms with E-state index in [2.05, 4.69) is 16.3 Å². The molecule has 0 atom stereocenters. The molecule has 2 aliphatic rings. The molecule has 3 heterocycles. The molecule has 0 bridgehead atoms. The van der Waals surface area contributed by atoms with Crippen molar-refractivity contribution in [2.45, 2.75) is 38.2 Å². The van der Waals surface area contributed by atoms with E-state index in [1.165, 1.54) is 5.56 Å². The number of H-pyrrole nitrogens is 1. The number of aromatic nitrogens is 2. The molecule has 1 aromatic carbocycles. The Balaban J connectivity index is 1.46. The van der Waals surface area contributed by atoms with E-state index < -0.39 is 0 Å². The number of carbonyl (C=O) groups excluding carboxylic acids is 1. The Morgan fingerprint density at radius 3 is 2.76 bits per heavy atom. The highest BCUT2D eigenvalue weighted by atomic mass is 16.5. The molecule has 0 unspecified atom stereocenters. The van der Waals surface area contributed by atoms with Gasteiger partial charge in [0.2, 0.25) is 0 Å². The first kappa shape index (κ1) is 15.9. The van der Waals surface area contributed by atoms with Crippen molar-refractivity contribution in [2.24, 2.45) is 0 Å². The highest BCUT2D eigenvalue weighted by Crippen LogP contribution is 2.39. The summed E-state index contributed by atoms with van der Waals surface area (Å²) in [5.41, 5.74) is 1.63. The van der Waals surface area contributed by atoms with Gasteiger partial charge in [-0.25, -0.2) is 5.10 Å². The molecule has 1 spiro atoms. The van der Waals surface area contributed by atoms with Gasteiger partial charge in [0.15, 0.2) is 0 Å². The summed E-state index contributed by atoms with van der Waals surface area (Å²) < 4.78 is 6.33. The van der Waals surface area contributed by atoms with Gasteiger partial charge < -0.3 is 9.64 Å². The Morgan fingerprint density at radius 2 is 2.00 bits per heavy atom. The fourth-order valence-corrected chi connectivity index (χ4v) is 3.70. The molecule has 1 saturated heterocycles. The highest BCUT2D eigenvalue weighted by Gasteiger charge is 2.40. The minimum atomic E-state index is -0.261. The van der Waals surface area contributed by atoms with E-state index >= 15 is 0 Å². The van der Waals surface area contributed by atoms with E-state index in [0.29, 0.717) is 24.3 Å². The van der Waals surface area contributed by atoms with E-state index in [4.69, 9.17) is 4.74 Å². The maximum Gasteiger partial charge on any atom is 0.274 e. The first-order valence-corrected chi connectivity index (χ1v) is 8.69. The van der Waals surface area contributed by atoms with Gasteiger partial charge in [0, 0.05) is 31.5 Å². The molecule has 1 fully saturated rings. The average Bonchev–Trinajstić information content (AvgIpc) is 2.64. The predicted molar refractivity (Wildman–Crippen MR) is 92.9 cm³/mol. The summed E-state index contributed by atoms with van der Waals surface area (Å²) in [7, 11) is 0. The van der Waals surface area contributed by atoms with Crippen LogP contribution in [0.3, 0.4) is 0 Å². The van der Waals surface area contributed by atoms with Gasteiger partial charge in [-0.15, -0.1) is 0 Å². The number of hydrogen-bond acceptors (Lipinski definition) is 4. The van der Waals surface area contributed by atoms with Crippen molar-refractivity contribution in [3.8, 4) is 5.75 Å². The zero-order valence-corrected chi connectivity index (χ0v) is 14.2. The minimum absolute atomic E-state index is 0.134. The Kier molecular flexibility index (Phi) is 3.82. The number of fused-ring (bicyclic) bond motifs is 1. The molecular formula is C19H21N3O3. The van der Waals surface area contributed by atoms with Gasteiger partial charge in [-0.2, -0.15) is 5.10 Å². The fraction of sp³-hybridized carbons (Fsp3) is 0.421. The van der Waals surface area contributed by atoms with Crippen LogP contribution >= 0.6 is 0 Å². The minimum Gasteiger partial charge on any atom is -0.487 e. The van der Waals surface area contributed by atoms with Crippen molar-refractivity contribution in [1.29, 1.82) is 0 Å². The number of benzene rings is 1. The Bertz CT molecular complexity index is 866. The van der Waals surface area contributed by atoms with Gasteiger partial charge in [-0.1, -0.05) is 18.2 Å². The summed E-state index contributed by atoms with van der Waals surface area (Å²) in [5, 5.41) is 6.27. The van der Waals surface area contributed by atoms with Crippen LogP contribution in [0, 0.1) is 6.92 Å². The number of aromatic amines is 1. The number of carbonyl (C=O) groups is 1. The van der Waals surface area contributed by atoms with Gasteiger partial charge in [0.25, 0.3) is 11.5 Å². The van der Waals surface area contributed by atoms with Gasteiger partial charge >= 0.3 is 0 Å². The summed E-state index contributed by atoms with van der Waals surface area (Å²) in [6, 6.07) is 9.74. The summed E-state index contributed by atoms with van der Waals surface area (Å²) >= 11 is 0. The van der Waals surface area contributed by atoms with Crippen LogP contribution in [0.25, 0.3) is 0 Å². The predicted octanol–water partition coefficient (Wildman–Crippen LogP) is 2.08. The lowest BCUT2D eigenvalue weighted by Gasteiger charge is -2.44. The van der Waals surface area contributed by atoms with Crippen LogP contribution in [-0.4, -0.2) is 39.7 Å².